The molecule has 0 saturated heterocycles. The Balaban J connectivity index is 1.68. The molecule has 1 aromatic carbocycles. The van der Waals surface area contributed by atoms with Crippen molar-refractivity contribution in [3.63, 3.8) is 0 Å². The van der Waals surface area contributed by atoms with Gasteiger partial charge in [0.05, 0.1) is 0 Å². The molecule has 0 radical (unpaired) electrons. The Bertz CT molecular complexity index is 988. The van der Waals surface area contributed by atoms with Gasteiger partial charge in [0, 0.05) is 24.2 Å². The molecule has 0 saturated carbocycles. The van der Waals surface area contributed by atoms with Gasteiger partial charge in [-0.2, -0.15) is 9.97 Å². The van der Waals surface area contributed by atoms with Crippen molar-refractivity contribution in [2.45, 2.75) is 13.8 Å². The molecule has 0 atom stereocenters. The van der Waals surface area contributed by atoms with E-state index in [0.717, 1.165) is 16.7 Å². The van der Waals surface area contributed by atoms with Crippen LogP contribution in [-0.2, 0) is 0 Å². The van der Waals surface area contributed by atoms with Crippen LogP contribution in [0, 0.1) is 13.8 Å². The first-order valence-corrected chi connectivity index (χ1v) is 7.37. The minimum atomic E-state index is 0.412. The first-order chi connectivity index (χ1) is 11.7. The van der Waals surface area contributed by atoms with Crippen LogP contribution in [0.2, 0.25) is 0 Å². The van der Waals surface area contributed by atoms with Crippen LogP contribution < -0.4 is 0 Å². The van der Waals surface area contributed by atoms with E-state index in [-0.39, 0.29) is 0 Å². The summed E-state index contributed by atoms with van der Waals surface area (Å²) in [6.45, 7) is 3.72. The highest BCUT2D eigenvalue weighted by molar-refractivity contribution is 5.65. The Labute approximate surface area is 137 Å². The van der Waals surface area contributed by atoms with Crippen molar-refractivity contribution in [1.82, 2.24) is 25.3 Å². The number of benzene rings is 1. The molecule has 7 nitrogen and oxygen atoms in total. The van der Waals surface area contributed by atoms with E-state index in [1.54, 1.807) is 13.1 Å². The number of rotatable bonds is 3. The summed E-state index contributed by atoms with van der Waals surface area (Å²) < 4.78 is 10.4. The molecule has 118 valence electrons. The summed E-state index contributed by atoms with van der Waals surface area (Å²) in [6, 6.07) is 11.4. The number of pyridine rings is 1. The third-order valence-corrected chi connectivity index (χ3v) is 3.46. The molecule has 0 unspecified atom stereocenters. The van der Waals surface area contributed by atoms with Gasteiger partial charge in [0.2, 0.25) is 17.5 Å². The lowest BCUT2D eigenvalue weighted by Gasteiger charge is -1.97. The first kappa shape index (κ1) is 14.3. The molecule has 0 aliphatic carbocycles. The monoisotopic (exact) mass is 319 g/mol. The van der Waals surface area contributed by atoms with Gasteiger partial charge in [-0.15, -0.1) is 0 Å². The summed E-state index contributed by atoms with van der Waals surface area (Å²) >= 11 is 0. The van der Waals surface area contributed by atoms with E-state index in [4.69, 9.17) is 9.05 Å². The third-order valence-electron chi connectivity index (χ3n) is 3.46. The van der Waals surface area contributed by atoms with Crippen molar-refractivity contribution in [2.24, 2.45) is 0 Å². The average molecular weight is 319 g/mol. The number of aryl methyl sites for hydroxylation is 2. The van der Waals surface area contributed by atoms with E-state index in [1.165, 1.54) is 0 Å². The van der Waals surface area contributed by atoms with Crippen molar-refractivity contribution in [3.8, 4) is 34.4 Å². The lowest BCUT2D eigenvalue weighted by atomic mass is 10.1. The van der Waals surface area contributed by atoms with E-state index in [9.17, 15) is 0 Å². The van der Waals surface area contributed by atoms with Crippen LogP contribution in [0.4, 0.5) is 0 Å². The van der Waals surface area contributed by atoms with E-state index < -0.39 is 0 Å². The van der Waals surface area contributed by atoms with Crippen LogP contribution in [-0.4, -0.2) is 25.3 Å². The van der Waals surface area contributed by atoms with Crippen LogP contribution >= 0.6 is 0 Å². The van der Waals surface area contributed by atoms with Crippen molar-refractivity contribution < 1.29 is 9.05 Å². The summed E-state index contributed by atoms with van der Waals surface area (Å²) in [6.07, 6.45) is 1.77. The number of hydrogen-bond donors (Lipinski definition) is 0. The maximum Gasteiger partial charge on any atom is 0.258 e. The molecule has 3 aromatic heterocycles. The molecule has 24 heavy (non-hydrogen) atoms. The van der Waals surface area contributed by atoms with Crippen LogP contribution in [0.5, 0.6) is 0 Å². The molecule has 0 fully saturated rings. The Hall–Kier alpha value is -3.35. The van der Waals surface area contributed by atoms with Crippen LogP contribution in [0.1, 0.15) is 11.5 Å². The van der Waals surface area contributed by atoms with Gasteiger partial charge in [0.1, 0.15) is 5.69 Å². The maximum absolute atomic E-state index is 5.37. The molecule has 4 rings (SSSR count). The van der Waals surface area contributed by atoms with Crippen molar-refractivity contribution in [2.75, 3.05) is 0 Å². The van der Waals surface area contributed by atoms with Gasteiger partial charge >= 0.3 is 0 Å². The van der Waals surface area contributed by atoms with Crippen LogP contribution in [0.15, 0.2) is 51.6 Å². The van der Waals surface area contributed by atoms with E-state index in [2.05, 4.69) is 25.3 Å². The fraction of sp³-hybridized carbons (Fsp3) is 0.118. The SMILES string of the molecule is Cc1ccc(-c2noc(-c3cccc(-c4noc(C)n4)c3)n2)nc1. The second-order valence-electron chi connectivity index (χ2n) is 5.36. The molecule has 0 bridgehead atoms. The molecule has 0 aliphatic rings. The standard InChI is InChI=1S/C17H13N5O2/c1-10-6-7-14(18-9-10)16-20-17(24-22-16)13-5-3-4-12(8-13)15-19-11(2)23-21-15/h3-9H,1-2H3. The minimum Gasteiger partial charge on any atom is -0.339 e. The number of hydrogen-bond acceptors (Lipinski definition) is 7. The lowest BCUT2D eigenvalue weighted by Crippen LogP contribution is -1.86. The Morgan fingerprint density at radius 1 is 0.833 bits per heavy atom. The predicted molar refractivity (Wildman–Crippen MR) is 85.7 cm³/mol. The van der Waals surface area contributed by atoms with E-state index in [0.29, 0.717) is 29.1 Å². The van der Waals surface area contributed by atoms with Gasteiger partial charge in [-0.05, 0) is 30.7 Å². The second kappa shape index (κ2) is 5.69. The Morgan fingerprint density at radius 2 is 1.67 bits per heavy atom. The van der Waals surface area contributed by atoms with E-state index in [1.807, 2.05) is 43.3 Å². The molecule has 0 amide bonds. The van der Waals surface area contributed by atoms with Gasteiger partial charge in [0.25, 0.3) is 5.89 Å². The van der Waals surface area contributed by atoms with Crippen molar-refractivity contribution >= 4 is 0 Å². The summed E-state index contributed by atoms with van der Waals surface area (Å²) in [7, 11) is 0. The number of aromatic nitrogens is 5. The Kier molecular flexibility index (Phi) is 3.38. The van der Waals surface area contributed by atoms with Crippen LogP contribution in [0.3, 0.4) is 0 Å². The summed E-state index contributed by atoms with van der Waals surface area (Å²) in [5.74, 6) is 1.90. The third kappa shape index (κ3) is 2.67. The van der Waals surface area contributed by atoms with Gasteiger partial charge in [-0.3, -0.25) is 4.98 Å². The normalized spacial score (nSPS) is 10.9. The number of nitrogens with zero attached hydrogens (tertiary/aromatic N) is 5. The van der Waals surface area contributed by atoms with E-state index >= 15 is 0 Å². The van der Waals surface area contributed by atoms with Gasteiger partial charge in [0.15, 0.2) is 0 Å². The first-order valence-electron chi connectivity index (χ1n) is 7.37. The highest BCUT2D eigenvalue weighted by Crippen LogP contribution is 2.25. The lowest BCUT2D eigenvalue weighted by molar-refractivity contribution is 0.394. The average Bonchev–Trinajstić information content (AvgIpc) is 3.25. The minimum absolute atomic E-state index is 0.412. The molecular weight excluding hydrogens is 306 g/mol. The van der Waals surface area contributed by atoms with Crippen molar-refractivity contribution in [1.29, 1.82) is 0 Å². The second-order valence-corrected chi connectivity index (χ2v) is 5.36. The quantitative estimate of drug-likeness (QED) is 0.571. The predicted octanol–water partition coefficient (Wildman–Crippen LogP) is 3.47. The van der Waals surface area contributed by atoms with Gasteiger partial charge < -0.3 is 9.05 Å². The summed E-state index contributed by atoms with van der Waals surface area (Å²) in [5.41, 5.74) is 3.34. The topological polar surface area (TPSA) is 90.7 Å². The highest BCUT2D eigenvalue weighted by atomic mass is 16.5. The molecule has 0 spiro atoms. The zero-order chi connectivity index (χ0) is 16.5. The van der Waals surface area contributed by atoms with Gasteiger partial charge in [-0.1, -0.05) is 28.5 Å². The molecular formula is C17H13N5O2. The fourth-order valence-corrected chi connectivity index (χ4v) is 2.25. The van der Waals surface area contributed by atoms with Crippen molar-refractivity contribution in [3.05, 3.63) is 54.0 Å². The fourth-order valence-electron chi connectivity index (χ4n) is 2.25. The summed E-state index contributed by atoms with van der Waals surface area (Å²) in [5, 5.41) is 7.92. The molecule has 4 aromatic rings. The molecule has 3 heterocycles. The van der Waals surface area contributed by atoms with Gasteiger partial charge in [-0.25, -0.2) is 0 Å². The zero-order valence-electron chi connectivity index (χ0n) is 13.1. The smallest absolute Gasteiger partial charge is 0.258 e. The van der Waals surface area contributed by atoms with Crippen LogP contribution in [0.25, 0.3) is 34.4 Å². The maximum atomic E-state index is 5.37. The Morgan fingerprint density at radius 3 is 2.42 bits per heavy atom. The molecule has 0 aliphatic heterocycles. The zero-order valence-corrected chi connectivity index (χ0v) is 13.1. The molecule has 0 N–H and O–H groups in total. The highest BCUT2D eigenvalue weighted by Gasteiger charge is 2.13. The largest absolute Gasteiger partial charge is 0.339 e. The summed E-state index contributed by atoms with van der Waals surface area (Å²) in [4.78, 5) is 12.9. The molecule has 7 heteroatoms.